The van der Waals surface area contributed by atoms with E-state index in [0.717, 1.165) is 6.29 Å². The summed E-state index contributed by atoms with van der Waals surface area (Å²) in [5.41, 5.74) is 0.523. The van der Waals surface area contributed by atoms with Gasteiger partial charge in [0.15, 0.2) is 17.8 Å². The van der Waals surface area contributed by atoms with Crippen LogP contribution in [0.3, 0.4) is 0 Å². The summed E-state index contributed by atoms with van der Waals surface area (Å²) >= 11 is 0. The van der Waals surface area contributed by atoms with E-state index in [-0.39, 0.29) is 6.10 Å². The van der Waals surface area contributed by atoms with Crippen LogP contribution in [0.4, 0.5) is 0 Å². The minimum Gasteiger partial charge on any atom is -0.489 e. The Labute approximate surface area is 90.0 Å². The SMILES string of the molecule is CCOc1c(C=O)cccc1OC(C)C. The zero-order valence-corrected chi connectivity index (χ0v) is 9.32. The maximum atomic E-state index is 10.8. The van der Waals surface area contributed by atoms with Crippen LogP contribution in [0.15, 0.2) is 18.2 Å². The van der Waals surface area contributed by atoms with Gasteiger partial charge in [0.25, 0.3) is 0 Å². The number of aldehydes is 1. The van der Waals surface area contributed by atoms with Crippen molar-refractivity contribution in [1.82, 2.24) is 0 Å². The van der Waals surface area contributed by atoms with Crippen LogP contribution in [-0.2, 0) is 0 Å². The standard InChI is InChI=1S/C12H16O3/c1-4-14-12-10(8-13)6-5-7-11(12)15-9(2)3/h5-9H,4H2,1-3H3. The van der Waals surface area contributed by atoms with Crippen molar-refractivity contribution in [2.75, 3.05) is 6.61 Å². The van der Waals surface area contributed by atoms with Gasteiger partial charge >= 0.3 is 0 Å². The van der Waals surface area contributed by atoms with Crippen molar-refractivity contribution in [3.63, 3.8) is 0 Å². The zero-order valence-electron chi connectivity index (χ0n) is 9.32. The Hall–Kier alpha value is -1.51. The van der Waals surface area contributed by atoms with Crippen LogP contribution in [0.2, 0.25) is 0 Å². The molecule has 82 valence electrons. The molecule has 0 aliphatic heterocycles. The van der Waals surface area contributed by atoms with Crippen molar-refractivity contribution in [1.29, 1.82) is 0 Å². The zero-order chi connectivity index (χ0) is 11.3. The highest BCUT2D eigenvalue weighted by Crippen LogP contribution is 2.31. The topological polar surface area (TPSA) is 35.5 Å². The summed E-state index contributed by atoms with van der Waals surface area (Å²) in [4.78, 5) is 10.8. The molecule has 0 spiro atoms. The highest BCUT2D eigenvalue weighted by Gasteiger charge is 2.10. The lowest BCUT2D eigenvalue weighted by Gasteiger charge is -2.15. The quantitative estimate of drug-likeness (QED) is 0.698. The van der Waals surface area contributed by atoms with E-state index < -0.39 is 0 Å². The van der Waals surface area contributed by atoms with E-state index in [1.165, 1.54) is 0 Å². The van der Waals surface area contributed by atoms with Crippen molar-refractivity contribution in [3.8, 4) is 11.5 Å². The molecule has 15 heavy (non-hydrogen) atoms. The summed E-state index contributed by atoms with van der Waals surface area (Å²) in [6.45, 7) is 6.26. The van der Waals surface area contributed by atoms with Crippen molar-refractivity contribution in [2.45, 2.75) is 26.9 Å². The van der Waals surface area contributed by atoms with Crippen LogP contribution >= 0.6 is 0 Å². The lowest BCUT2D eigenvalue weighted by molar-refractivity contribution is 0.111. The lowest BCUT2D eigenvalue weighted by Crippen LogP contribution is -2.08. The molecule has 0 unspecified atom stereocenters. The van der Waals surface area contributed by atoms with Crippen LogP contribution < -0.4 is 9.47 Å². The molecular weight excluding hydrogens is 192 g/mol. The molecule has 0 saturated heterocycles. The van der Waals surface area contributed by atoms with Crippen LogP contribution in [0.25, 0.3) is 0 Å². The number of hydrogen-bond donors (Lipinski definition) is 0. The molecule has 3 heteroatoms. The average molecular weight is 208 g/mol. The molecule has 0 aliphatic carbocycles. The van der Waals surface area contributed by atoms with Crippen LogP contribution in [0, 0.1) is 0 Å². The molecule has 1 aromatic carbocycles. The molecule has 0 atom stereocenters. The maximum Gasteiger partial charge on any atom is 0.171 e. The summed E-state index contributed by atoms with van der Waals surface area (Å²) in [7, 11) is 0. The Kier molecular flexibility index (Phi) is 4.16. The molecular formula is C12H16O3. The number of ether oxygens (including phenoxy) is 2. The Bertz CT molecular complexity index is 332. The molecule has 0 aliphatic rings. The number of carbonyl (C=O) groups excluding carboxylic acids is 1. The fraction of sp³-hybridized carbons (Fsp3) is 0.417. The summed E-state index contributed by atoms with van der Waals surface area (Å²) in [5.74, 6) is 1.15. The molecule has 3 nitrogen and oxygen atoms in total. The van der Waals surface area contributed by atoms with Gasteiger partial charge in [-0.15, -0.1) is 0 Å². The fourth-order valence-electron chi connectivity index (χ4n) is 1.27. The van der Waals surface area contributed by atoms with E-state index in [1.54, 1.807) is 18.2 Å². The Balaban J connectivity index is 3.06. The Morgan fingerprint density at radius 1 is 1.40 bits per heavy atom. The summed E-state index contributed by atoms with van der Waals surface area (Å²) in [6, 6.07) is 5.30. The van der Waals surface area contributed by atoms with Gasteiger partial charge in [-0.05, 0) is 32.9 Å². The normalized spacial score (nSPS) is 10.1. The minimum atomic E-state index is 0.0612. The third-order valence-corrected chi connectivity index (χ3v) is 1.79. The van der Waals surface area contributed by atoms with Gasteiger partial charge in [0.2, 0.25) is 0 Å². The van der Waals surface area contributed by atoms with Crippen LogP contribution in [0.1, 0.15) is 31.1 Å². The molecule has 0 radical (unpaired) electrons. The van der Waals surface area contributed by atoms with Gasteiger partial charge in [-0.25, -0.2) is 0 Å². The first-order valence-corrected chi connectivity index (χ1v) is 5.06. The molecule has 0 aromatic heterocycles. The highest BCUT2D eigenvalue weighted by molar-refractivity contribution is 5.81. The van der Waals surface area contributed by atoms with E-state index in [9.17, 15) is 4.79 Å². The van der Waals surface area contributed by atoms with Gasteiger partial charge in [0.05, 0.1) is 18.3 Å². The van der Waals surface area contributed by atoms with Crippen molar-refractivity contribution in [3.05, 3.63) is 23.8 Å². The van der Waals surface area contributed by atoms with Crippen LogP contribution in [-0.4, -0.2) is 19.0 Å². The highest BCUT2D eigenvalue weighted by atomic mass is 16.5. The molecule has 0 fully saturated rings. The smallest absolute Gasteiger partial charge is 0.171 e. The number of benzene rings is 1. The fourth-order valence-corrected chi connectivity index (χ4v) is 1.27. The van der Waals surface area contributed by atoms with E-state index in [1.807, 2.05) is 20.8 Å². The first-order chi connectivity index (χ1) is 7.19. The molecule has 0 N–H and O–H groups in total. The number of hydrogen-bond acceptors (Lipinski definition) is 3. The van der Waals surface area contributed by atoms with E-state index in [4.69, 9.17) is 9.47 Å². The molecule has 0 heterocycles. The van der Waals surface area contributed by atoms with Gasteiger partial charge in [0.1, 0.15) is 0 Å². The molecule has 0 amide bonds. The van der Waals surface area contributed by atoms with E-state index in [2.05, 4.69) is 0 Å². The largest absolute Gasteiger partial charge is 0.489 e. The van der Waals surface area contributed by atoms with Gasteiger partial charge in [-0.2, -0.15) is 0 Å². The van der Waals surface area contributed by atoms with Crippen molar-refractivity contribution >= 4 is 6.29 Å². The van der Waals surface area contributed by atoms with Gasteiger partial charge in [0, 0.05) is 0 Å². The van der Waals surface area contributed by atoms with Crippen LogP contribution in [0.5, 0.6) is 11.5 Å². The van der Waals surface area contributed by atoms with E-state index >= 15 is 0 Å². The number of rotatable bonds is 5. The second-order valence-electron chi connectivity index (χ2n) is 3.39. The Morgan fingerprint density at radius 2 is 2.13 bits per heavy atom. The second-order valence-corrected chi connectivity index (χ2v) is 3.39. The van der Waals surface area contributed by atoms with Crippen molar-refractivity contribution in [2.24, 2.45) is 0 Å². The summed E-state index contributed by atoms with van der Waals surface area (Å²) < 4.78 is 11.0. The maximum absolute atomic E-state index is 10.8. The third kappa shape index (κ3) is 2.98. The van der Waals surface area contributed by atoms with Crippen molar-refractivity contribution < 1.29 is 14.3 Å². The molecule has 0 saturated carbocycles. The molecule has 0 bridgehead atoms. The number of carbonyl (C=O) groups is 1. The predicted octanol–water partition coefficient (Wildman–Crippen LogP) is 2.69. The minimum absolute atomic E-state index is 0.0612. The predicted molar refractivity (Wildman–Crippen MR) is 58.8 cm³/mol. The summed E-state index contributed by atoms with van der Waals surface area (Å²) in [5, 5.41) is 0. The summed E-state index contributed by atoms with van der Waals surface area (Å²) in [6.07, 6.45) is 0.837. The van der Waals surface area contributed by atoms with E-state index in [0.29, 0.717) is 23.7 Å². The first kappa shape index (κ1) is 11.6. The third-order valence-electron chi connectivity index (χ3n) is 1.79. The lowest BCUT2D eigenvalue weighted by atomic mass is 10.2. The Morgan fingerprint density at radius 3 is 2.67 bits per heavy atom. The monoisotopic (exact) mass is 208 g/mol. The average Bonchev–Trinajstić information content (AvgIpc) is 2.20. The second kappa shape index (κ2) is 5.39. The van der Waals surface area contributed by atoms with Gasteiger partial charge < -0.3 is 9.47 Å². The van der Waals surface area contributed by atoms with Gasteiger partial charge in [-0.3, -0.25) is 4.79 Å². The molecule has 1 aromatic rings. The first-order valence-electron chi connectivity index (χ1n) is 5.06. The van der Waals surface area contributed by atoms with Gasteiger partial charge in [-0.1, -0.05) is 6.07 Å². The number of para-hydroxylation sites is 1. The molecule has 1 rings (SSSR count).